The van der Waals surface area contributed by atoms with Crippen molar-refractivity contribution < 1.29 is 0 Å². The van der Waals surface area contributed by atoms with Gasteiger partial charge in [0.05, 0.1) is 0 Å². The molecule has 0 amide bonds. The largest absolute Gasteiger partial charge is 0.107 e. The van der Waals surface area contributed by atoms with Crippen LogP contribution in [-0.4, -0.2) is 8.80 Å². The molecule has 2 atom stereocenters. The van der Waals surface area contributed by atoms with Crippen molar-refractivity contribution in [3.05, 3.63) is 117 Å². The molecule has 0 nitrogen and oxygen atoms in total. The van der Waals surface area contributed by atoms with E-state index in [1.54, 1.807) is 15.9 Å². The van der Waals surface area contributed by atoms with Gasteiger partial charge in [0.25, 0.3) is 0 Å². The minimum absolute atomic E-state index is 0.419. The van der Waals surface area contributed by atoms with Gasteiger partial charge in [-0.05, 0) is 71.2 Å². The molecule has 4 rings (SSSR count). The van der Waals surface area contributed by atoms with Crippen LogP contribution >= 0.6 is 0 Å². The third kappa shape index (κ3) is 4.32. The lowest BCUT2D eigenvalue weighted by Crippen LogP contribution is -2.44. The Morgan fingerprint density at radius 1 is 0.656 bits per heavy atom. The average molecular weight is 437 g/mol. The summed E-state index contributed by atoms with van der Waals surface area (Å²) in [7, 11) is -1.47. The third-order valence-corrected chi connectivity index (χ3v) is 10.8. The van der Waals surface area contributed by atoms with Crippen LogP contribution in [0.15, 0.2) is 89.0 Å². The van der Waals surface area contributed by atoms with Crippen LogP contribution in [0.25, 0.3) is 0 Å². The smallest absolute Gasteiger partial charge is 0.0622 e. The monoisotopic (exact) mass is 436 g/mol. The Balaban J connectivity index is 1.86. The lowest BCUT2D eigenvalue weighted by molar-refractivity contribution is 0.932. The minimum Gasteiger partial charge on any atom is -0.0622 e. The Morgan fingerprint density at radius 2 is 1.31 bits per heavy atom. The van der Waals surface area contributed by atoms with E-state index in [-0.39, 0.29) is 0 Å². The van der Waals surface area contributed by atoms with E-state index >= 15 is 0 Å². The predicted octanol–water partition coefficient (Wildman–Crippen LogP) is 6.71. The van der Waals surface area contributed by atoms with Gasteiger partial charge in [-0.3, -0.25) is 0 Å². The maximum absolute atomic E-state index is 2.47. The second-order valence-corrected chi connectivity index (χ2v) is 12.6. The van der Waals surface area contributed by atoms with Gasteiger partial charge in [0, 0.05) is 5.92 Å². The van der Waals surface area contributed by atoms with Gasteiger partial charge in [-0.2, -0.15) is 0 Å². The first-order valence-electron chi connectivity index (χ1n) is 11.8. The van der Waals surface area contributed by atoms with Crippen LogP contribution in [0, 0.1) is 27.7 Å². The highest BCUT2D eigenvalue weighted by atomic mass is 28.3. The molecular weight excluding hydrogens is 400 g/mol. The molecule has 0 aliphatic heterocycles. The van der Waals surface area contributed by atoms with Crippen LogP contribution in [0.1, 0.15) is 54.5 Å². The standard InChI is InChI=1S/C31H36Si/c1-20-13-14-23(4)30(18-20)32(28-16-21(2)15-22(3)17-28)19-29-25(6)24(5)26(7)31(29)27-11-9-8-10-12-27/h8-18,31-32H,19H2,1-7H3. The normalized spacial score (nSPS) is 17.3. The summed E-state index contributed by atoms with van der Waals surface area (Å²) >= 11 is 0. The molecule has 2 unspecified atom stereocenters. The maximum atomic E-state index is 2.47. The van der Waals surface area contributed by atoms with E-state index in [2.05, 4.69) is 115 Å². The van der Waals surface area contributed by atoms with Gasteiger partial charge in [0.1, 0.15) is 8.80 Å². The third-order valence-electron chi connectivity index (χ3n) is 7.43. The van der Waals surface area contributed by atoms with Crippen molar-refractivity contribution in [1.29, 1.82) is 0 Å². The fourth-order valence-electron chi connectivity index (χ4n) is 5.57. The van der Waals surface area contributed by atoms with Crippen LogP contribution in [0.4, 0.5) is 0 Å². The van der Waals surface area contributed by atoms with Crippen molar-refractivity contribution >= 4 is 19.2 Å². The van der Waals surface area contributed by atoms with Gasteiger partial charge in [-0.1, -0.05) is 111 Å². The Morgan fingerprint density at radius 3 is 1.97 bits per heavy atom. The molecule has 1 heteroatoms. The number of aryl methyl sites for hydroxylation is 4. The first-order valence-corrected chi connectivity index (χ1v) is 13.8. The quantitative estimate of drug-likeness (QED) is 0.390. The first-order chi connectivity index (χ1) is 15.3. The molecule has 0 heterocycles. The summed E-state index contributed by atoms with van der Waals surface area (Å²) in [6, 6.07) is 26.6. The summed E-state index contributed by atoms with van der Waals surface area (Å²) in [4.78, 5) is 0. The molecule has 0 spiro atoms. The van der Waals surface area contributed by atoms with Crippen LogP contribution in [0.5, 0.6) is 0 Å². The number of allylic oxidation sites excluding steroid dienone is 4. The molecule has 164 valence electrons. The fourth-order valence-corrected chi connectivity index (χ4v) is 9.41. The molecule has 32 heavy (non-hydrogen) atoms. The number of hydrogen-bond acceptors (Lipinski definition) is 0. The van der Waals surface area contributed by atoms with Crippen LogP contribution < -0.4 is 10.4 Å². The van der Waals surface area contributed by atoms with Gasteiger partial charge < -0.3 is 0 Å². The van der Waals surface area contributed by atoms with Gasteiger partial charge in [0.15, 0.2) is 0 Å². The molecule has 0 N–H and O–H groups in total. The summed E-state index contributed by atoms with van der Waals surface area (Å²) < 4.78 is 0. The first kappa shape index (κ1) is 22.5. The van der Waals surface area contributed by atoms with Crippen molar-refractivity contribution in [3.63, 3.8) is 0 Å². The number of hydrogen-bond donors (Lipinski definition) is 0. The van der Waals surface area contributed by atoms with Crippen LogP contribution in [0.3, 0.4) is 0 Å². The summed E-state index contributed by atoms with van der Waals surface area (Å²) in [5.41, 5.74) is 13.2. The van der Waals surface area contributed by atoms with E-state index in [0.29, 0.717) is 5.92 Å². The SMILES string of the molecule is CC1=C(C)C(c2ccccc2)C(C[SiH](c2cc(C)cc(C)c2)c2cc(C)ccc2C)=C1C. The number of benzene rings is 3. The van der Waals surface area contributed by atoms with Crippen molar-refractivity contribution in [2.75, 3.05) is 0 Å². The summed E-state index contributed by atoms with van der Waals surface area (Å²) in [5, 5.41) is 3.18. The van der Waals surface area contributed by atoms with Crippen molar-refractivity contribution in [2.24, 2.45) is 0 Å². The molecule has 0 bridgehead atoms. The lowest BCUT2D eigenvalue weighted by Gasteiger charge is -2.25. The topological polar surface area (TPSA) is 0 Å². The Labute approximate surface area is 196 Å². The Bertz CT molecular complexity index is 1190. The van der Waals surface area contributed by atoms with Crippen LogP contribution in [-0.2, 0) is 0 Å². The molecule has 0 aromatic heterocycles. The van der Waals surface area contributed by atoms with E-state index in [4.69, 9.17) is 0 Å². The Kier molecular flexibility index (Phi) is 6.39. The van der Waals surface area contributed by atoms with E-state index in [9.17, 15) is 0 Å². The van der Waals surface area contributed by atoms with Crippen molar-refractivity contribution in [3.8, 4) is 0 Å². The molecule has 1 aliphatic carbocycles. The summed E-state index contributed by atoms with van der Waals surface area (Å²) in [6.45, 7) is 16.0. The molecular formula is C31H36Si. The van der Waals surface area contributed by atoms with Crippen molar-refractivity contribution in [1.82, 2.24) is 0 Å². The highest BCUT2D eigenvalue weighted by molar-refractivity contribution is 6.86. The van der Waals surface area contributed by atoms with E-state index in [1.165, 1.54) is 50.6 Å². The fraction of sp³-hybridized carbons (Fsp3) is 0.290. The van der Waals surface area contributed by atoms with Gasteiger partial charge >= 0.3 is 0 Å². The van der Waals surface area contributed by atoms with Gasteiger partial charge in [0.2, 0.25) is 0 Å². The molecule has 0 saturated heterocycles. The average Bonchev–Trinajstić information content (AvgIpc) is 2.97. The lowest BCUT2D eigenvalue weighted by atomic mass is 9.89. The van der Waals surface area contributed by atoms with Gasteiger partial charge in [-0.15, -0.1) is 0 Å². The summed E-state index contributed by atoms with van der Waals surface area (Å²) in [6.07, 6.45) is 0. The second-order valence-electron chi connectivity index (χ2n) is 9.84. The molecule has 0 saturated carbocycles. The molecule has 3 aromatic carbocycles. The molecule has 0 fully saturated rings. The predicted molar refractivity (Wildman–Crippen MR) is 143 cm³/mol. The summed E-state index contributed by atoms with van der Waals surface area (Å²) in [5.74, 6) is 0.419. The van der Waals surface area contributed by atoms with Crippen LogP contribution in [0.2, 0.25) is 6.04 Å². The van der Waals surface area contributed by atoms with E-state index < -0.39 is 8.80 Å². The molecule has 0 radical (unpaired) electrons. The van der Waals surface area contributed by atoms with Gasteiger partial charge in [-0.25, -0.2) is 0 Å². The van der Waals surface area contributed by atoms with E-state index in [1.807, 2.05) is 0 Å². The second kappa shape index (κ2) is 9.08. The van der Waals surface area contributed by atoms with Crippen molar-refractivity contribution in [2.45, 2.75) is 60.4 Å². The van der Waals surface area contributed by atoms with E-state index in [0.717, 1.165) is 0 Å². The Hall–Kier alpha value is -2.64. The highest BCUT2D eigenvalue weighted by Gasteiger charge is 2.32. The highest BCUT2D eigenvalue weighted by Crippen LogP contribution is 2.45. The minimum atomic E-state index is -1.47. The zero-order chi connectivity index (χ0) is 23.0. The maximum Gasteiger partial charge on any atom is 0.107 e. The molecule has 3 aromatic rings. The zero-order valence-electron chi connectivity index (χ0n) is 20.7. The molecule has 1 aliphatic rings. The number of rotatable bonds is 5. The zero-order valence-corrected chi connectivity index (χ0v) is 21.9.